The van der Waals surface area contributed by atoms with Crippen molar-refractivity contribution in [3.05, 3.63) is 62.6 Å². The van der Waals surface area contributed by atoms with Crippen LogP contribution in [0.5, 0.6) is 11.5 Å². The molecule has 4 rings (SSSR count). The van der Waals surface area contributed by atoms with Crippen LogP contribution in [-0.2, 0) is 17.9 Å². The van der Waals surface area contributed by atoms with Gasteiger partial charge in [-0.25, -0.2) is 0 Å². The smallest absolute Gasteiger partial charge is 0.307 e. The van der Waals surface area contributed by atoms with Gasteiger partial charge in [-0.05, 0) is 31.2 Å². The summed E-state index contributed by atoms with van der Waals surface area (Å²) in [7, 11) is 0. The third kappa shape index (κ3) is 4.21. The average Bonchev–Trinajstić information content (AvgIpc) is 3.34. The minimum atomic E-state index is -0.541. The van der Waals surface area contributed by atoms with E-state index in [2.05, 4.69) is 5.10 Å². The fourth-order valence-corrected chi connectivity index (χ4v) is 3.89. The molecule has 0 N–H and O–H groups in total. The molecule has 0 saturated carbocycles. The number of nitro groups is 1. The SMILES string of the molecule is Cc1ccc(CN(C(=O)Cn2cc([N+](=O)[O-])cn2)c2ccc3c(c2)OCCO3)s1. The number of nitrogens with zero attached hydrogens (tertiary/aromatic N) is 4. The first-order chi connectivity index (χ1) is 14.0. The Morgan fingerprint density at radius 3 is 2.76 bits per heavy atom. The van der Waals surface area contributed by atoms with E-state index in [0.29, 0.717) is 36.9 Å². The van der Waals surface area contributed by atoms with Crippen molar-refractivity contribution in [1.29, 1.82) is 0 Å². The minimum absolute atomic E-state index is 0.118. The topological polar surface area (TPSA) is 99.7 Å². The summed E-state index contributed by atoms with van der Waals surface area (Å²) in [5, 5.41) is 14.8. The number of hydrogen-bond acceptors (Lipinski definition) is 7. The molecular formula is C19H18N4O5S. The van der Waals surface area contributed by atoms with Crippen LogP contribution < -0.4 is 14.4 Å². The van der Waals surface area contributed by atoms with Gasteiger partial charge in [0.25, 0.3) is 0 Å². The van der Waals surface area contributed by atoms with Crippen LogP contribution in [0.2, 0.25) is 0 Å². The Morgan fingerprint density at radius 2 is 2.07 bits per heavy atom. The summed E-state index contributed by atoms with van der Waals surface area (Å²) in [6, 6.07) is 9.35. The number of carbonyl (C=O) groups excluding carboxylic acids is 1. The Bertz CT molecular complexity index is 1060. The predicted octanol–water partition coefficient (Wildman–Crippen LogP) is 3.17. The van der Waals surface area contributed by atoms with Crippen LogP contribution in [0.4, 0.5) is 11.4 Å². The molecule has 1 aliphatic heterocycles. The van der Waals surface area contributed by atoms with Gasteiger partial charge in [0, 0.05) is 21.5 Å². The van der Waals surface area contributed by atoms with Crippen molar-refractivity contribution in [1.82, 2.24) is 9.78 Å². The number of thiophene rings is 1. The highest BCUT2D eigenvalue weighted by molar-refractivity contribution is 7.11. The van der Waals surface area contributed by atoms with Crippen LogP contribution in [0.1, 0.15) is 9.75 Å². The fraction of sp³-hybridized carbons (Fsp3) is 0.263. The molecule has 0 fully saturated rings. The van der Waals surface area contributed by atoms with Gasteiger partial charge in [0.15, 0.2) is 11.5 Å². The number of anilines is 1. The Hall–Kier alpha value is -3.40. The third-order valence-electron chi connectivity index (χ3n) is 4.38. The summed E-state index contributed by atoms with van der Waals surface area (Å²) in [6.45, 7) is 3.20. The van der Waals surface area contributed by atoms with Gasteiger partial charge < -0.3 is 14.4 Å². The van der Waals surface area contributed by atoms with Crippen molar-refractivity contribution in [3.8, 4) is 11.5 Å². The molecule has 0 saturated heterocycles. The summed E-state index contributed by atoms with van der Waals surface area (Å²) in [5.41, 5.74) is 0.504. The Balaban J connectivity index is 1.62. The van der Waals surface area contributed by atoms with E-state index in [1.807, 2.05) is 19.1 Å². The number of hydrogen-bond donors (Lipinski definition) is 0. The zero-order chi connectivity index (χ0) is 20.4. The lowest BCUT2D eigenvalue weighted by atomic mass is 10.2. The molecule has 1 aromatic carbocycles. The quantitative estimate of drug-likeness (QED) is 0.454. The van der Waals surface area contributed by atoms with Gasteiger partial charge in [0.2, 0.25) is 5.91 Å². The van der Waals surface area contributed by atoms with Gasteiger partial charge in [0.05, 0.1) is 11.5 Å². The lowest BCUT2D eigenvalue weighted by molar-refractivity contribution is -0.385. The van der Waals surface area contributed by atoms with E-state index in [-0.39, 0.29) is 18.1 Å². The maximum Gasteiger partial charge on any atom is 0.307 e. The summed E-state index contributed by atoms with van der Waals surface area (Å²) in [6.07, 6.45) is 2.37. The number of ether oxygens (including phenoxy) is 2. The van der Waals surface area contributed by atoms with E-state index in [4.69, 9.17) is 9.47 Å². The van der Waals surface area contributed by atoms with Gasteiger partial charge in [-0.2, -0.15) is 5.10 Å². The van der Waals surface area contributed by atoms with Crippen molar-refractivity contribution >= 4 is 28.6 Å². The number of aryl methyl sites for hydroxylation is 1. The standard InChI is InChI=1S/C19H18N4O5S/c1-13-2-4-16(29-13)11-22(14-3-5-17-18(8-14)28-7-6-27-17)19(24)12-21-10-15(9-20-21)23(25)26/h2-5,8-10H,6-7,11-12H2,1H3. The van der Waals surface area contributed by atoms with E-state index >= 15 is 0 Å². The number of carbonyl (C=O) groups is 1. The zero-order valence-electron chi connectivity index (χ0n) is 15.6. The summed E-state index contributed by atoms with van der Waals surface area (Å²) in [4.78, 5) is 27.2. The molecule has 0 spiro atoms. The molecule has 3 heterocycles. The predicted molar refractivity (Wildman–Crippen MR) is 107 cm³/mol. The molecule has 2 aromatic heterocycles. The molecule has 0 bridgehead atoms. The Labute approximate surface area is 170 Å². The average molecular weight is 414 g/mol. The van der Waals surface area contributed by atoms with Gasteiger partial charge in [-0.15, -0.1) is 11.3 Å². The van der Waals surface area contributed by atoms with Crippen LogP contribution in [0.25, 0.3) is 0 Å². The molecule has 0 atom stereocenters. The van der Waals surface area contributed by atoms with Crippen molar-refractivity contribution in [2.75, 3.05) is 18.1 Å². The van der Waals surface area contributed by atoms with E-state index in [1.165, 1.54) is 10.9 Å². The van der Waals surface area contributed by atoms with Crippen LogP contribution in [-0.4, -0.2) is 33.8 Å². The van der Waals surface area contributed by atoms with E-state index in [9.17, 15) is 14.9 Å². The van der Waals surface area contributed by atoms with Crippen molar-refractivity contribution < 1.29 is 19.2 Å². The number of rotatable bonds is 6. The highest BCUT2D eigenvalue weighted by Crippen LogP contribution is 2.35. The molecule has 0 aliphatic carbocycles. The van der Waals surface area contributed by atoms with Crippen molar-refractivity contribution in [2.24, 2.45) is 0 Å². The largest absolute Gasteiger partial charge is 0.486 e. The highest BCUT2D eigenvalue weighted by atomic mass is 32.1. The second-order valence-electron chi connectivity index (χ2n) is 6.47. The maximum absolute atomic E-state index is 13.1. The molecule has 10 heteroatoms. The van der Waals surface area contributed by atoms with Gasteiger partial charge in [-0.1, -0.05) is 0 Å². The molecular weight excluding hydrogens is 396 g/mol. The van der Waals surface area contributed by atoms with Gasteiger partial charge in [-0.3, -0.25) is 19.6 Å². The molecule has 29 heavy (non-hydrogen) atoms. The van der Waals surface area contributed by atoms with Crippen LogP contribution >= 0.6 is 11.3 Å². The van der Waals surface area contributed by atoms with Gasteiger partial charge >= 0.3 is 5.69 Å². The number of benzene rings is 1. The molecule has 1 amide bonds. The number of aromatic nitrogens is 2. The summed E-state index contributed by atoms with van der Waals surface area (Å²) < 4.78 is 12.5. The van der Waals surface area contributed by atoms with Crippen LogP contribution in [0.3, 0.4) is 0 Å². The van der Waals surface area contributed by atoms with Crippen LogP contribution in [0, 0.1) is 17.0 Å². The minimum Gasteiger partial charge on any atom is -0.486 e. The number of amides is 1. The fourth-order valence-electron chi connectivity index (χ4n) is 3.01. The molecule has 0 radical (unpaired) electrons. The molecule has 9 nitrogen and oxygen atoms in total. The Morgan fingerprint density at radius 1 is 1.28 bits per heavy atom. The number of fused-ring (bicyclic) bond motifs is 1. The third-order valence-corrected chi connectivity index (χ3v) is 5.36. The molecule has 0 unspecified atom stereocenters. The first-order valence-corrected chi connectivity index (χ1v) is 9.73. The lowest BCUT2D eigenvalue weighted by Crippen LogP contribution is -2.33. The first-order valence-electron chi connectivity index (χ1n) is 8.92. The summed E-state index contributed by atoms with van der Waals surface area (Å²) >= 11 is 1.61. The molecule has 150 valence electrons. The lowest BCUT2D eigenvalue weighted by Gasteiger charge is -2.25. The maximum atomic E-state index is 13.1. The zero-order valence-corrected chi connectivity index (χ0v) is 16.4. The van der Waals surface area contributed by atoms with E-state index in [1.54, 1.807) is 34.4 Å². The van der Waals surface area contributed by atoms with E-state index in [0.717, 1.165) is 16.0 Å². The van der Waals surface area contributed by atoms with Crippen LogP contribution in [0.15, 0.2) is 42.7 Å². The van der Waals surface area contributed by atoms with Crippen molar-refractivity contribution in [3.63, 3.8) is 0 Å². The van der Waals surface area contributed by atoms with Gasteiger partial charge in [0.1, 0.15) is 32.2 Å². The van der Waals surface area contributed by atoms with E-state index < -0.39 is 4.92 Å². The van der Waals surface area contributed by atoms with Crippen molar-refractivity contribution in [2.45, 2.75) is 20.0 Å². The highest BCUT2D eigenvalue weighted by Gasteiger charge is 2.22. The molecule has 3 aromatic rings. The summed E-state index contributed by atoms with van der Waals surface area (Å²) in [5.74, 6) is 0.983. The first kappa shape index (κ1) is 18.9. The monoisotopic (exact) mass is 414 g/mol. The molecule has 1 aliphatic rings. The normalized spacial score (nSPS) is 12.6. The Kier molecular flexibility index (Phi) is 5.17. The second kappa shape index (κ2) is 7.92. The second-order valence-corrected chi connectivity index (χ2v) is 7.85.